The second-order valence-electron chi connectivity index (χ2n) is 4.90. The second kappa shape index (κ2) is 6.21. The van der Waals surface area contributed by atoms with Gasteiger partial charge in [0.25, 0.3) is 5.69 Å². The number of nitrogens with two attached hydrogens (primary N) is 1. The molecule has 0 radical (unpaired) electrons. The molecule has 8 nitrogen and oxygen atoms in total. The van der Waals surface area contributed by atoms with Crippen molar-refractivity contribution in [3.8, 4) is 0 Å². The molecule has 0 unspecified atom stereocenters. The number of nitro benzene ring substituents is 1. The molecule has 2 rings (SSSR count). The van der Waals surface area contributed by atoms with Crippen LogP contribution in [0.15, 0.2) is 24.3 Å². The van der Waals surface area contributed by atoms with E-state index in [1.807, 2.05) is 0 Å². The summed E-state index contributed by atoms with van der Waals surface area (Å²) >= 11 is 0. The second-order valence-corrected chi connectivity index (χ2v) is 4.90. The number of nitro groups is 1. The van der Waals surface area contributed by atoms with Crippen LogP contribution in [0.25, 0.3) is 0 Å². The van der Waals surface area contributed by atoms with Crippen LogP contribution in [-0.4, -0.2) is 34.9 Å². The molecule has 3 N–H and O–H groups in total. The lowest BCUT2D eigenvalue weighted by Gasteiger charge is -2.30. The first-order valence-electron chi connectivity index (χ1n) is 6.57. The van der Waals surface area contributed by atoms with Crippen LogP contribution < -0.4 is 11.1 Å². The summed E-state index contributed by atoms with van der Waals surface area (Å²) in [5, 5.41) is 13.3. The van der Waals surface area contributed by atoms with Gasteiger partial charge in [-0.1, -0.05) is 6.07 Å². The Hall–Kier alpha value is -2.64. The molecule has 0 spiro atoms. The molecule has 1 fully saturated rings. The first-order chi connectivity index (χ1) is 9.97. The van der Waals surface area contributed by atoms with Crippen LogP contribution in [0.2, 0.25) is 0 Å². The maximum absolute atomic E-state index is 12.1. The number of benzene rings is 1. The lowest BCUT2D eigenvalue weighted by molar-refractivity contribution is -0.384. The minimum atomic E-state index is -0.520. The molecule has 1 heterocycles. The van der Waals surface area contributed by atoms with Crippen LogP contribution in [0.5, 0.6) is 0 Å². The third-order valence-corrected chi connectivity index (χ3v) is 3.49. The first-order valence-corrected chi connectivity index (χ1v) is 6.57. The van der Waals surface area contributed by atoms with E-state index in [1.54, 1.807) is 11.0 Å². The van der Waals surface area contributed by atoms with Crippen LogP contribution in [0.1, 0.15) is 12.8 Å². The van der Waals surface area contributed by atoms with Gasteiger partial charge in [-0.15, -0.1) is 0 Å². The van der Waals surface area contributed by atoms with Gasteiger partial charge in [0.15, 0.2) is 0 Å². The predicted molar refractivity (Wildman–Crippen MR) is 75.6 cm³/mol. The molecule has 1 aliphatic heterocycles. The normalized spacial score (nSPS) is 15.5. The molecular weight excluding hydrogens is 276 g/mol. The van der Waals surface area contributed by atoms with Crippen molar-refractivity contribution in [2.24, 2.45) is 11.7 Å². The summed E-state index contributed by atoms with van der Waals surface area (Å²) in [4.78, 5) is 34.8. The van der Waals surface area contributed by atoms with E-state index in [0.29, 0.717) is 31.6 Å². The van der Waals surface area contributed by atoms with Crippen molar-refractivity contribution in [3.05, 3.63) is 34.4 Å². The van der Waals surface area contributed by atoms with Crippen molar-refractivity contribution in [3.63, 3.8) is 0 Å². The SMILES string of the molecule is NC(=O)C1CCN(C(=O)Nc2cccc([N+](=O)[O-])c2)CC1. The summed E-state index contributed by atoms with van der Waals surface area (Å²) in [6.07, 6.45) is 1.08. The van der Waals surface area contributed by atoms with Gasteiger partial charge in [0, 0.05) is 36.8 Å². The van der Waals surface area contributed by atoms with E-state index in [1.165, 1.54) is 18.2 Å². The van der Waals surface area contributed by atoms with E-state index in [0.717, 1.165) is 0 Å². The summed E-state index contributed by atoms with van der Waals surface area (Å²) < 4.78 is 0. The van der Waals surface area contributed by atoms with Crippen molar-refractivity contribution in [2.45, 2.75) is 12.8 Å². The zero-order chi connectivity index (χ0) is 15.4. The van der Waals surface area contributed by atoms with Gasteiger partial charge in [-0.2, -0.15) is 0 Å². The van der Waals surface area contributed by atoms with Gasteiger partial charge < -0.3 is 16.0 Å². The predicted octanol–water partition coefficient (Wildman–Crippen LogP) is 1.32. The fraction of sp³-hybridized carbons (Fsp3) is 0.385. The molecule has 0 bridgehead atoms. The molecule has 1 saturated heterocycles. The number of rotatable bonds is 3. The number of hydrogen-bond donors (Lipinski definition) is 2. The van der Waals surface area contributed by atoms with Gasteiger partial charge in [-0.25, -0.2) is 4.79 Å². The minimum absolute atomic E-state index is 0.0831. The maximum Gasteiger partial charge on any atom is 0.321 e. The Labute approximate surface area is 121 Å². The number of primary amides is 1. The number of anilines is 1. The highest BCUT2D eigenvalue weighted by Crippen LogP contribution is 2.20. The number of amides is 3. The fourth-order valence-electron chi connectivity index (χ4n) is 2.27. The zero-order valence-electron chi connectivity index (χ0n) is 11.3. The highest BCUT2D eigenvalue weighted by molar-refractivity contribution is 5.90. The van der Waals surface area contributed by atoms with Crippen molar-refractivity contribution in [1.82, 2.24) is 4.90 Å². The molecular formula is C13H16N4O4. The summed E-state index contributed by atoms with van der Waals surface area (Å²) in [6, 6.07) is 5.41. The van der Waals surface area contributed by atoms with Crippen LogP contribution >= 0.6 is 0 Å². The fourth-order valence-corrected chi connectivity index (χ4v) is 2.27. The number of carbonyl (C=O) groups is 2. The third-order valence-electron chi connectivity index (χ3n) is 3.49. The van der Waals surface area contributed by atoms with E-state index in [2.05, 4.69) is 5.32 Å². The molecule has 1 aromatic rings. The maximum atomic E-state index is 12.1. The standard InChI is InChI=1S/C13H16N4O4/c14-12(18)9-4-6-16(7-5-9)13(19)15-10-2-1-3-11(8-10)17(20)21/h1-3,8-9H,4-7H2,(H2,14,18)(H,15,19). The van der Waals surface area contributed by atoms with E-state index < -0.39 is 4.92 Å². The average Bonchev–Trinajstić information content (AvgIpc) is 2.47. The minimum Gasteiger partial charge on any atom is -0.369 e. The smallest absolute Gasteiger partial charge is 0.321 e. The Kier molecular flexibility index (Phi) is 4.36. The Balaban J connectivity index is 1.95. The summed E-state index contributed by atoms with van der Waals surface area (Å²) in [5.74, 6) is -0.527. The van der Waals surface area contributed by atoms with Crippen molar-refractivity contribution < 1.29 is 14.5 Å². The highest BCUT2D eigenvalue weighted by Gasteiger charge is 2.25. The summed E-state index contributed by atoms with van der Waals surface area (Å²) in [7, 11) is 0. The van der Waals surface area contributed by atoms with Gasteiger partial charge in [0.05, 0.1) is 4.92 Å². The molecule has 1 aromatic carbocycles. The Morgan fingerprint density at radius 3 is 2.57 bits per heavy atom. The van der Waals surface area contributed by atoms with E-state index in [-0.39, 0.29) is 23.5 Å². The number of likely N-dealkylation sites (tertiary alicyclic amines) is 1. The van der Waals surface area contributed by atoms with Crippen molar-refractivity contribution in [2.75, 3.05) is 18.4 Å². The topological polar surface area (TPSA) is 119 Å². The van der Waals surface area contributed by atoms with Crippen molar-refractivity contribution in [1.29, 1.82) is 0 Å². The number of non-ortho nitro benzene ring substituents is 1. The monoisotopic (exact) mass is 292 g/mol. The van der Waals surface area contributed by atoms with Crippen LogP contribution in [-0.2, 0) is 4.79 Å². The Morgan fingerprint density at radius 2 is 2.00 bits per heavy atom. The van der Waals surface area contributed by atoms with E-state index in [4.69, 9.17) is 5.73 Å². The zero-order valence-corrected chi connectivity index (χ0v) is 11.3. The number of nitrogens with one attached hydrogen (secondary N) is 1. The molecule has 1 aliphatic rings. The molecule has 0 aromatic heterocycles. The van der Waals surface area contributed by atoms with Gasteiger partial charge in [-0.3, -0.25) is 14.9 Å². The summed E-state index contributed by atoms with van der Waals surface area (Å²) in [6.45, 7) is 0.878. The molecule has 8 heteroatoms. The Morgan fingerprint density at radius 1 is 1.33 bits per heavy atom. The number of carbonyl (C=O) groups excluding carboxylic acids is 2. The molecule has 3 amide bonds. The molecule has 0 aliphatic carbocycles. The number of piperidine rings is 1. The highest BCUT2D eigenvalue weighted by atomic mass is 16.6. The third kappa shape index (κ3) is 3.68. The summed E-state index contributed by atoms with van der Waals surface area (Å²) in [5.41, 5.74) is 5.52. The quantitative estimate of drug-likeness (QED) is 0.645. The average molecular weight is 292 g/mol. The Bertz CT molecular complexity index is 567. The molecule has 21 heavy (non-hydrogen) atoms. The van der Waals surface area contributed by atoms with Gasteiger partial charge in [0.2, 0.25) is 5.91 Å². The van der Waals surface area contributed by atoms with Crippen molar-refractivity contribution >= 4 is 23.3 Å². The molecule has 112 valence electrons. The number of urea groups is 1. The van der Waals surface area contributed by atoms with Gasteiger partial charge in [0.1, 0.15) is 0 Å². The van der Waals surface area contributed by atoms with Crippen LogP contribution in [0.3, 0.4) is 0 Å². The molecule has 0 atom stereocenters. The van der Waals surface area contributed by atoms with E-state index >= 15 is 0 Å². The van der Waals surface area contributed by atoms with Crippen LogP contribution in [0, 0.1) is 16.0 Å². The number of hydrogen-bond acceptors (Lipinski definition) is 4. The largest absolute Gasteiger partial charge is 0.369 e. The van der Waals surface area contributed by atoms with Gasteiger partial charge >= 0.3 is 6.03 Å². The lowest BCUT2D eigenvalue weighted by Crippen LogP contribution is -2.43. The lowest BCUT2D eigenvalue weighted by atomic mass is 9.96. The van der Waals surface area contributed by atoms with Crippen LogP contribution in [0.4, 0.5) is 16.2 Å². The van der Waals surface area contributed by atoms with E-state index in [9.17, 15) is 19.7 Å². The first kappa shape index (κ1) is 14.8. The van der Waals surface area contributed by atoms with Gasteiger partial charge in [-0.05, 0) is 18.9 Å². The number of nitrogens with zero attached hydrogens (tertiary/aromatic N) is 2. The molecule has 0 saturated carbocycles.